The number of hydrogen-bond donors (Lipinski definition) is 1. The van der Waals surface area contributed by atoms with Gasteiger partial charge in [0.25, 0.3) is 5.91 Å². The fourth-order valence-corrected chi connectivity index (χ4v) is 6.24. The van der Waals surface area contributed by atoms with E-state index in [0.717, 1.165) is 51.3 Å². The van der Waals surface area contributed by atoms with E-state index in [9.17, 15) is 13.6 Å². The standard InChI is InChI=1S/C33H24ClF2N7O3/c1-18-16-45-17-28-40-27-14-21(31(44)39-23-5-7-24(8-6-23)46-33(34,35)36)13-26(30(27)43(18)28)20-4-3-19-11-22-15-42(32-37-9-2-10-38-32)41-29(22)25(19)12-20/h2-10,12-15,18H,11,16-17H2,1H3,(H,39,44)/t18-/m1/s1. The molecule has 0 bridgehead atoms. The van der Waals surface area contributed by atoms with Crippen LogP contribution in [0.25, 0.3) is 39.4 Å². The minimum atomic E-state index is -3.84. The van der Waals surface area contributed by atoms with E-state index in [4.69, 9.17) is 26.4 Å². The Morgan fingerprint density at radius 3 is 2.65 bits per heavy atom. The molecule has 0 unspecified atom stereocenters. The van der Waals surface area contributed by atoms with E-state index in [2.05, 4.69) is 49.7 Å². The Balaban J connectivity index is 1.20. The van der Waals surface area contributed by atoms with Crippen LogP contribution in [0, 0.1) is 0 Å². The smallest absolute Gasteiger partial charge is 0.420 e. The normalized spacial score (nSPS) is 15.3. The van der Waals surface area contributed by atoms with Gasteiger partial charge >= 0.3 is 5.57 Å². The molecule has 0 radical (unpaired) electrons. The second-order valence-electron chi connectivity index (χ2n) is 11.2. The van der Waals surface area contributed by atoms with Gasteiger partial charge in [0.2, 0.25) is 5.95 Å². The number of alkyl halides is 3. The lowest BCUT2D eigenvalue weighted by molar-refractivity contribution is -0.0964. The lowest BCUT2D eigenvalue weighted by atomic mass is 9.96. The minimum absolute atomic E-state index is 0.0378. The van der Waals surface area contributed by atoms with Crippen LogP contribution in [0.5, 0.6) is 5.75 Å². The van der Waals surface area contributed by atoms with Crippen molar-refractivity contribution >= 4 is 34.2 Å². The van der Waals surface area contributed by atoms with Crippen molar-refractivity contribution in [3.8, 4) is 34.1 Å². The summed E-state index contributed by atoms with van der Waals surface area (Å²) in [6.45, 7) is 2.99. The van der Waals surface area contributed by atoms with Gasteiger partial charge in [-0.1, -0.05) is 12.1 Å². The van der Waals surface area contributed by atoms with Gasteiger partial charge in [-0.3, -0.25) is 4.79 Å². The molecule has 1 amide bonds. The molecule has 1 aliphatic heterocycles. The summed E-state index contributed by atoms with van der Waals surface area (Å²) < 4.78 is 40.1. The molecule has 8 rings (SSSR count). The molecular weight excluding hydrogens is 616 g/mol. The number of nitrogens with zero attached hydrogens (tertiary/aromatic N) is 6. The lowest BCUT2D eigenvalue weighted by Crippen LogP contribution is -2.21. The van der Waals surface area contributed by atoms with Crippen LogP contribution in [-0.4, -0.2) is 47.4 Å². The fraction of sp³-hybridized carbons (Fsp3) is 0.182. The zero-order valence-electron chi connectivity index (χ0n) is 24.2. The van der Waals surface area contributed by atoms with E-state index in [0.29, 0.717) is 35.9 Å². The molecule has 6 aromatic rings. The summed E-state index contributed by atoms with van der Waals surface area (Å²) in [6.07, 6.45) is 6.06. The molecule has 46 heavy (non-hydrogen) atoms. The van der Waals surface area contributed by atoms with Gasteiger partial charge < -0.3 is 19.4 Å². The first kappa shape index (κ1) is 28.3. The highest BCUT2D eigenvalue weighted by Crippen LogP contribution is 2.41. The van der Waals surface area contributed by atoms with Gasteiger partial charge in [0.15, 0.2) is 0 Å². The van der Waals surface area contributed by atoms with Gasteiger partial charge in [0.1, 0.15) is 18.2 Å². The van der Waals surface area contributed by atoms with Crippen molar-refractivity contribution in [1.29, 1.82) is 0 Å². The summed E-state index contributed by atoms with van der Waals surface area (Å²) >= 11 is 4.86. The number of imidazole rings is 1. The summed E-state index contributed by atoms with van der Waals surface area (Å²) in [5.74, 6) is 0.753. The molecule has 0 saturated carbocycles. The molecule has 230 valence electrons. The van der Waals surface area contributed by atoms with E-state index >= 15 is 0 Å². The minimum Gasteiger partial charge on any atom is -0.420 e. The maximum Gasteiger partial charge on any atom is 0.487 e. The Labute approximate surface area is 265 Å². The van der Waals surface area contributed by atoms with Crippen molar-refractivity contribution in [2.45, 2.75) is 31.6 Å². The zero-order chi connectivity index (χ0) is 31.6. The second kappa shape index (κ2) is 10.7. The Hall–Kier alpha value is -5.20. The maximum atomic E-state index is 13.6. The molecule has 3 aromatic carbocycles. The van der Waals surface area contributed by atoms with Crippen LogP contribution in [0.2, 0.25) is 0 Å². The number of anilines is 1. The SMILES string of the molecule is C[C@@H]1COCc2nc3cc(C(=O)Nc4ccc(OC(F)(F)Cl)cc4)cc(-c4ccc5c(c4)-c4nn(-c6ncccn6)cc4C5)c3n21. The van der Waals surface area contributed by atoms with E-state index in [1.807, 2.05) is 12.3 Å². The topological polar surface area (TPSA) is 109 Å². The molecule has 1 aliphatic carbocycles. The molecule has 1 N–H and O–H groups in total. The quantitative estimate of drug-likeness (QED) is 0.200. The summed E-state index contributed by atoms with van der Waals surface area (Å²) in [5.41, 5.74) is 4.36. The molecular formula is C33H24ClF2N7O3. The third-order valence-electron chi connectivity index (χ3n) is 8.10. The van der Waals surface area contributed by atoms with E-state index in [-0.39, 0.29) is 17.7 Å². The highest BCUT2D eigenvalue weighted by molar-refractivity contribution is 6.20. The van der Waals surface area contributed by atoms with E-state index < -0.39 is 5.57 Å². The summed E-state index contributed by atoms with van der Waals surface area (Å²) in [6, 6.07) is 17.2. The van der Waals surface area contributed by atoms with Crippen molar-refractivity contribution in [3.05, 3.63) is 102 Å². The molecule has 0 saturated heterocycles. The Kier molecular flexibility index (Phi) is 6.59. The van der Waals surface area contributed by atoms with Gasteiger partial charge in [-0.25, -0.2) is 19.6 Å². The monoisotopic (exact) mass is 639 g/mol. The molecule has 10 nitrogen and oxygen atoms in total. The maximum absolute atomic E-state index is 13.6. The van der Waals surface area contributed by atoms with Gasteiger partial charge in [-0.15, -0.1) is 8.78 Å². The average Bonchev–Trinajstić information content (AvgIpc) is 3.72. The average molecular weight is 640 g/mol. The van der Waals surface area contributed by atoms with E-state index in [1.54, 1.807) is 29.2 Å². The number of carbonyl (C=O) groups is 1. The third-order valence-corrected chi connectivity index (χ3v) is 8.18. The second-order valence-corrected chi connectivity index (χ2v) is 11.7. The summed E-state index contributed by atoms with van der Waals surface area (Å²) in [5, 5.41) is 7.66. The van der Waals surface area contributed by atoms with E-state index in [1.165, 1.54) is 24.3 Å². The van der Waals surface area contributed by atoms with Gasteiger partial charge in [-0.2, -0.15) is 5.10 Å². The third kappa shape index (κ3) is 5.05. The number of fused-ring (bicyclic) bond motifs is 6. The van der Waals surface area contributed by atoms with Crippen molar-refractivity contribution in [2.75, 3.05) is 11.9 Å². The van der Waals surface area contributed by atoms with Gasteiger partial charge in [0.05, 0.1) is 29.4 Å². The van der Waals surface area contributed by atoms with Crippen molar-refractivity contribution in [1.82, 2.24) is 29.3 Å². The number of benzene rings is 3. The zero-order valence-corrected chi connectivity index (χ0v) is 25.0. The van der Waals surface area contributed by atoms with Crippen molar-refractivity contribution < 1.29 is 23.0 Å². The first-order valence-corrected chi connectivity index (χ1v) is 14.9. The molecule has 0 fully saturated rings. The van der Waals surface area contributed by atoms with Crippen molar-refractivity contribution in [3.63, 3.8) is 0 Å². The predicted octanol–water partition coefficient (Wildman–Crippen LogP) is 6.76. The van der Waals surface area contributed by atoms with Gasteiger partial charge in [-0.05, 0) is 66.6 Å². The van der Waals surface area contributed by atoms with Crippen LogP contribution in [0.3, 0.4) is 0 Å². The van der Waals surface area contributed by atoms with Crippen molar-refractivity contribution in [2.24, 2.45) is 0 Å². The number of carbonyl (C=O) groups excluding carboxylic acids is 1. The number of hydrogen-bond acceptors (Lipinski definition) is 7. The highest BCUT2D eigenvalue weighted by Gasteiger charge is 2.29. The highest BCUT2D eigenvalue weighted by atomic mass is 35.5. The summed E-state index contributed by atoms with van der Waals surface area (Å²) in [4.78, 5) is 27.1. The summed E-state index contributed by atoms with van der Waals surface area (Å²) in [7, 11) is 0. The van der Waals surface area contributed by atoms with Gasteiger partial charge in [0, 0.05) is 64.6 Å². The molecule has 1 atom stereocenters. The molecule has 3 aromatic heterocycles. The van der Waals surface area contributed by atoms with Crippen LogP contribution >= 0.6 is 11.6 Å². The van der Waals surface area contributed by atoms with Crippen LogP contribution in [0.1, 0.15) is 40.3 Å². The van der Waals surface area contributed by atoms with Crippen LogP contribution < -0.4 is 10.1 Å². The number of amides is 1. The van der Waals surface area contributed by atoms with Crippen LogP contribution in [0.15, 0.2) is 79.3 Å². The number of nitrogens with one attached hydrogen (secondary N) is 1. The molecule has 2 aliphatic rings. The Morgan fingerprint density at radius 2 is 1.87 bits per heavy atom. The lowest BCUT2D eigenvalue weighted by Gasteiger charge is -2.23. The predicted molar refractivity (Wildman–Crippen MR) is 166 cm³/mol. The first-order valence-electron chi connectivity index (χ1n) is 14.5. The molecule has 0 spiro atoms. The molecule has 13 heteroatoms. The first-order chi connectivity index (χ1) is 22.2. The fourth-order valence-electron chi connectivity index (χ4n) is 6.15. The number of halogens is 3. The molecule has 4 heterocycles. The Morgan fingerprint density at radius 1 is 1.07 bits per heavy atom. The van der Waals surface area contributed by atoms with Crippen LogP contribution in [-0.2, 0) is 17.8 Å². The number of ether oxygens (including phenoxy) is 2. The number of rotatable bonds is 6. The largest absolute Gasteiger partial charge is 0.487 e. The van der Waals surface area contributed by atoms with Crippen LogP contribution in [0.4, 0.5) is 14.5 Å². The number of aromatic nitrogens is 6. The Bertz CT molecular complexity index is 2140.